The Morgan fingerprint density at radius 2 is 2.11 bits per heavy atom. The van der Waals surface area contributed by atoms with E-state index in [0.29, 0.717) is 12.5 Å². The highest BCUT2D eigenvalue weighted by molar-refractivity contribution is 14.0. The van der Waals surface area contributed by atoms with E-state index < -0.39 is 0 Å². The third-order valence-electron chi connectivity index (χ3n) is 4.55. The predicted molar refractivity (Wildman–Crippen MR) is 128 cm³/mol. The van der Waals surface area contributed by atoms with Crippen molar-refractivity contribution in [2.45, 2.75) is 19.4 Å². The van der Waals surface area contributed by atoms with E-state index in [1.165, 1.54) is 14.2 Å². The van der Waals surface area contributed by atoms with E-state index in [1.807, 2.05) is 13.1 Å². The molecule has 1 atom stereocenters. The van der Waals surface area contributed by atoms with Gasteiger partial charge in [0.15, 0.2) is 5.96 Å². The summed E-state index contributed by atoms with van der Waals surface area (Å²) in [7, 11) is 1.86. The zero-order valence-electron chi connectivity index (χ0n) is 15.6. The number of halogens is 2. The summed E-state index contributed by atoms with van der Waals surface area (Å²) in [5.41, 5.74) is 1.24. The Bertz CT molecular complexity index is 710. The molecule has 2 heterocycles. The van der Waals surface area contributed by atoms with Crippen LogP contribution in [-0.4, -0.2) is 44.1 Å². The smallest absolute Gasteiger partial charge is 0.193 e. The fourth-order valence-electron chi connectivity index (χ4n) is 3.19. The molecule has 1 aromatic carbocycles. The zero-order valence-corrected chi connectivity index (χ0v) is 20.3. The quantitative estimate of drug-likeness (QED) is 0.299. The molecule has 1 aliphatic heterocycles. The first-order valence-electron chi connectivity index (χ1n) is 9.06. The minimum Gasteiger partial charge on any atom is -0.376 e. The molecule has 1 aromatic heterocycles. The number of aliphatic imine (C=N–C) groups is 1. The van der Waals surface area contributed by atoms with Crippen LogP contribution < -0.4 is 5.32 Å². The van der Waals surface area contributed by atoms with Crippen LogP contribution in [0.3, 0.4) is 0 Å². The van der Waals surface area contributed by atoms with Crippen molar-refractivity contribution in [3.63, 3.8) is 0 Å². The van der Waals surface area contributed by atoms with E-state index in [4.69, 9.17) is 4.74 Å². The van der Waals surface area contributed by atoms with Crippen LogP contribution in [0.15, 0.2) is 51.2 Å². The van der Waals surface area contributed by atoms with E-state index in [9.17, 15) is 0 Å². The van der Waals surface area contributed by atoms with Crippen LogP contribution in [-0.2, 0) is 17.8 Å². The number of nitrogens with zero attached hydrogens (tertiary/aromatic N) is 2. The van der Waals surface area contributed by atoms with Crippen molar-refractivity contribution < 1.29 is 4.74 Å². The van der Waals surface area contributed by atoms with E-state index in [1.54, 1.807) is 11.3 Å². The molecule has 27 heavy (non-hydrogen) atoms. The normalized spacial score (nSPS) is 17.0. The number of nitrogens with one attached hydrogen (secondary N) is 1. The molecule has 2 aromatic rings. The Balaban J connectivity index is 0.00000261. The number of hydrogen-bond donors (Lipinski definition) is 1. The maximum atomic E-state index is 5.92. The van der Waals surface area contributed by atoms with Crippen LogP contribution in [0, 0.1) is 5.92 Å². The molecular weight excluding hydrogens is 537 g/mol. The molecule has 1 aliphatic rings. The molecule has 0 radical (unpaired) electrons. The number of thiophene rings is 1. The van der Waals surface area contributed by atoms with Gasteiger partial charge in [-0.1, -0.05) is 30.3 Å². The number of guanidine groups is 1. The van der Waals surface area contributed by atoms with Gasteiger partial charge in [-0.3, -0.25) is 4.99 Å². The molecule has 0 bridgehead atoms. The molecule has 0 amide bonds. The maximum absolute atomic E-state index is 5.92. The minimum atomic E-state index is 0. The lowest BCUT2D eigenvalue weighted by Gasteiger charge is -2.21. The topological polar surface area (TPSA) is 36.9 Å². The van der Waals surface area contributed by atoms with Crippen LogP contribution in [0.25, 0.3) is 0 Å². The van der Waals surface area contributed by atoms with Crippen molar-refractivity contribution >= 4 is 57.2 Å². The average molecular weight is 564 g/mol. The van der Waals surface area contributed by atoms with Crippen LogP contribution in [0.2, 0.25) is 0 Å². The predicted octanol–water partition coefficient (Wildman–Crippen LogP) is 4.79. The molecule has 1 N–H and O–H groups in total. The summed E-state index contributed by atoms with van der Waals surface area (Å²) in [6.45, 7) is 4.47. The second-order valence-corrected chi connectivity index (χ2v) is 9.08. The van der Waals surface area contributed by atoms with E-state index >= 15 is 0 Å². The second-order valence-electron chi connectivity index (χ2n) is 6.53. The molecule has 1 fully saturated rings. The molecule has 0 spiro atoms. The van der Waals surface area contributed by atoms with Crippen molar-refractivity contribution in [2.24, 2.45) is 10.9 Å². The van der Waals surface area contributed by atoms with Crippen LogP contribution in [0.1, 0.15) is 16.9 Å². The summed E-state index contributed by atoms with van der Waals surface area (Å²) in [6, 6.07) is 14.7. The summed E-state index contributed by atoms with van der Waals surface area (Å²) in [5.74, 6) is 1.58. The molecule has 4 nitrogen and oxygen atoms in total. The van der Waals surface area contributed by atoms with Gasteiger partial charge < -0.3 is 15.0 Å². The Kier molecular flexibility index (Phi) is 10.1. The first-order chi connectivity index (χ1) is 12.7. The molecule has 1 saturated heterocycles. The molecule has 0 saturated carbocycles. The van der Waals surface area contributed by atoms with Crippen molar-refractivity contribution in [3.05, 3.63) is 56.7 Å². The lowest BCUT2D eigenvalue weighted by Crippen LogP contribution is -2.41. The van der Waals surface area contributed by atoms with Gasteiger partial charge in [-0.25, -0.2) is 0 Å². The van der Waals surface area contributed by atoms with E-state index in [-0.39, 0.29) is 24.0 Å². The number of likely N-dealkylation sites (tertiary alicyclic amines) is 1. The number of benzene rings is 1. The first-order valence-corrected chi connectivity index (χ1v) is 10.7. The van der Waals surface area contributed by atoms with Crippen molar-refractivity contribution in [1.82, 2.24) is 10.2 Å². The van der Waals surface area contributed by atoms with Gasteiger partial charge in [-0.2, -0.15) is 0 Å². The molecule has 148 valence electrons. The Hall–Kier alpha value is -0.640. The Morgan fingerprint density at radius 1 is 1.30 bits per heavy atom. The number of rotatable bonds is 7. The molecule has 0 aliphatic carbocycles. The lowest BCUT2D eigenvalue weighted by molar-refractivity contribution is 0.0907. The first kappa shape index (κ1) is 22.6. The second kappa shape index (κ2) is 12.0. The fraction of sp³-hybridized carbons (Fsp3) is 0.450. The summed E-state index contributed by atoms with van der Waals surface area (Å²) in [5, 5.41) is 3.50. The van der Waals surface area contributed by atoms with Crippen molar-refractivity contribution in [2.75, 3.05) is 33.3 Å². The zero-order chi connectivity index (χ0) is 18.2. The number of ether oxygens (including phenoxy) is 1. The van der Waals surface area contributed by atoms with Gasteiger partial charge in [0.25, 0.3) is 0 Å². The Morgan fingerprint density at radius 3 is 2.81 bits per heavy atom. The third kappa shape index (κ3) is 7.36. The van der Waals surface area contributed by atoms with Crippen LogP contribution in [0.5, 0.6) is 0 Å². The van der Waals surface area contributed by atoms with E-state index in [0.717, 1.165) is 45.0 Å². The highest BCUT2D eigenvalue weighted by Crippen LogP contribution is 2.22. The Labute approximate surface area is 191 Å². The highest BCUT2D eigenvalue weighted by atomic mass is 127. The minimum absolute atomic E-state index is 0. The van der Waals surface area contributed by atoms with Gasteiger partial charge >= 0.3 is 0 Å². The monoisotopic (exact) mass is 563 g/mol. The summed E-state index contributed by atoms with van der Waals surface area (Å²) >= 11 is 5.31. The van der Waals surface area contributed by atoms with E-state index in [2.05, 4.69) is 67.5 Å². The highest BCUT2D eigenvalue weighted by Gasteiger charge is 2.24. The fourth-order valence-corrected chi connectivity index (χ4v) is 4.68. The van der Waals surface area contributed by atoms with Gasteiger partial charge in [0, 0.05) is 37.5 Å². The van der Waals surface area contributed by atoms with Gasteiger partial charge in [-0.05, 0) is 46.5 Å². The van der Waals surface area contributed by atoms with Gasteiger partial charge in [0.2, 0.25) is 0 Å². The van der Waals surface area contributed by atoms with Crippen LogP contribution in [0.4, 0.5) is 0 Å². The standard InChI is InChI=1S/C20H26BrN3OS.HI/c1-22-20(23-11-9-18-7-8-19(21)26-18)24-12-10-17(13-24)15-25-14-16-5-3-2-4-6-16;/h2-8,17H,9-15H2,1H3,(H,22,23);1H. The van der Waals surface area contributed by atoms with Crippen molar-refractivity contribution in [1.29, 1.82) is 0 Å². The molecule has 3 rings (SSSR count). The molecular formula is C20H27BrIN3OS. The summed E-state index contributed by atoms with van der Waals surface area (Å²) in [4.78, 5) is 8.18. The van der Waals surface area contributed by atoms with Gasteiger partial charge in [0.05, 0.1) is 17.0 Å². The molecule has 7 heteroatoms. The third-order valence-corrected chi connectivity index (χ3v) is 6.23. The van der Waals surface area contributed by atoms with Gasteiger partial charge in [-0.15, -0.1) is 35.3 Å². The lowest BCUT2D eigenvalue weighted by atomic mass is 10.1. The van der Waals surface area contributed by atoms with Crippen molar-refractivity contribution in [3.8, 4) is 0 Å². The maximum Gasteiger partial charge on any atom is 0.193 e. The summed E-state index contributed by atoms with van der Waals surface area (Å²) < 4.78 is 7.11. The van der Waals surface area contributed by atoms with Crippen LogP contribution >= 0.6 is 51.2 Å². The van der Waals surface area contributed by atoms with Gasteiger partial charge in [0.1, 0.15) is 0 Å². The summed E-state index contributed by atoms with van der Waals surface area (Å²) in [6.07, 6.45) is 2.18. The number of hydrogen-bond acceptors (Lipinski definition) is 3. The average Bonchev–Trinajstić information content (AvgIpc) is 3.29. The molecule has 1 unspecified atom stereocenters. The largest absolute Gasteiger partial charge is 0.376 e. The SMILES string of the molecule is CN=C(NCCc1ccc(Br)s1)N1CCC(COCc2ccccc2)C1.I.